The van der Waals surface area contributed by atoms with E-state index < -0.39 is 0 Å². The number of carbonyl (C=O) groups is 2. The first kappa shape index (κ1) is 18.0. The third kappa shape index (κ3) is 3.73. The third-order valence-corrected chi connectivity index (χ3v) is 5.92. The zero-order chi connectivity index (χ0) is 18.0. The predicted molar refractivity (Wildman–Crippen MR) is 101 cm³/mol. The molecule has 1 aromatic rings. The van der Waals surface area contributed by atoms with Crippen molar-refractivity contribution in [2.45, 2.75) is 65.3 Å². The van der Waals surface area contributed by atoms with Crippen LogP contribution in [0.3, 0.4) is 0 Å². The minimum atomic E-state index is -0.198. The van der Waals surface area contributed by atoms with Gasteiger partial charge in [-0.1, -0.05) is 25.3 Å². The monoisotopic (exact) mass is 342 g/mol. The van der Waals surface area contributed by atoms with Crippen molar-refractivity contribution in [1.82, 2.24) is 4.90 Å². The molecule has 1 aliphatic carbocycles. The van der Waals surface area contributed by atoms with Gasteiger partial charge in [0.1, 0.15) is 0 Å². The Morgan fingerprint density at radius 2 is 1.88 bits per heavy atom. The largest absolute Gasteiger partial charge is 0.340 e. The van der Waals surface area contributed by atoms with Gasteiger partial charge in [-0.3, -0.25) is 9.59 Å². The van der Waals surface area contributed by atoms with E-state index >= 15 is 0 Å². The Balaban J connectivity index is 1.72. The highest BCUT2D eigenvalue weighted by atomic mass is 16.2. The molecule has 4 heteroatoms. The average molecular weight is 342 g/mol. The zero-order valence-corrected chi connectivity index (χ0v) is 15.8. The Labute approximate surface area is 151 Å². The lowest BCUT2D eigenvalue weighted by Crippen LogP contribution is -2.45. The van der Waals surface area contributed by atoms with Gasteiger partial charge in [0.2, 0.25) is 11.8 Å². The van der Waals surface area contributed by atoms with Gasteiger partial charge in [-0.25, -0.2) is 0 Å². The highest BCUT2D eigenvalue weighted by molar-refractivity contribution is 6.00. The van der Waals surface area contributed by atoms with E-state index in [0.717, 1.165) is 25.1 Å². The fourth-order valence-corrected chi connectivity index (χ4v) is 4.24. The van der Waals surface area contributed by atoms with Gasteiger partial charge in [-0.2, -0.15) is 0 Å². The van der Waals surface area contributed by atoms with Crippen LogP contribution in [-0.4, -0.2) is 35.8 Å². The van der Waals surface area contributed by atoms with E-state index in [-0.39, 0.29) is 17.7 Å². The van der Waals surface area contributed by atoms with Crippen LogP contribution in [-0.2, 0) is 9.59 Å². The fraction of sp³-hybridized carbons (Fsp3) is 0.619. The van der Waals surface area contributed by atoms with E-state index in [0.29, 0.717) is 19.0 Å². The maximum Gasteiger partial charge on any atom is 0.228 e. The smallest absolute Gasteiger partial charge is 0.228 e. The zero-order valence-electron chi connectivity index (χ0n) is 15.8. The molecule has 0 aromatic heterocycles. The molecule has 0 bridgehead atoms. The molecule has 1 atom stereocenters. The number of carbonyl (C=O) groups excluding carboxylic acids is 2. The van der Waals surface area contributed by atoms with Crippen LogP contribution in [0.5, 0.6) is 0 Å². The molecule has 4 nitrogen and oxygen atoms in total. The minimum Gasteiger partial charge on any atom is -0.340 e. The molecular formula is C21H30N2O2. The fourth-order valence-electron chi connectivity index (χ4n) is 4.24. The molecule has 0 spiro atoms. The molecule has 1 unspecified atom stereocenters. The van der Waals surface area contributed by atoms with E-state index in [4.69, 9.17) is 0 Å². The molecule has 1 saturated heterocycles. The molecule has 1 aliphatic heterocycles. The number of hydrogen-bond donors (Lipinski definition) is 0. The Bertz CT molecular complexity index is 649. The molecule has 0 N–H and O–H groups in total. The summed E-state index contributed by atoms with van der Waals surface area (Å²) in [4.78, 5) is 29.4. The average Bonchev–Trinajstić information content (AvgIpc) is 3.01. The van der Waals surface area contributed by atoms with Crippen LogP contribution in [0.25, 0.3) is 0 Å². The molecule has 1 heterocycles. The minimum absolute atomic E-state index is 0.0706. The van der Waals surface area contributed by atoms with Crippen molar-refractivity contribution < 1.29 is 9.59 Å². The summed E-state index contributed by atoms with van der Waals surface area (Å²) < 4.78 is 0. The van der Waals surface area contributed by atoms with Gasteiger partial charge in [0.15, 0.2) is 0 Å². The van der Waals surface area contributed by atoms with Gasteiger partial charge < -0.3 is 9.80 Å². The molecule has 0 radical (unpaired) electrons. The summed E-state index contributed by atoms with van der Waals surface area (Å²) in [5, 5.41) is 0. The first-order valence-electron chi connectivity index (χ1n) is 9.69. The second-order valence-corrected chi connectivity index (χ2v) is 7.59. The first-order chi connectivity index (χ1) is 12.0. The lowest BCUT2D eigenvalue weighted by atomic mass is 9.93. The summed E-state index contributed by atoms with van der Waals surface area (Å²) in [6.07, 6.45) is 6.28. The van der Waals surface area contributed by atoms with Crippen LogP contribution in [0.2, 0.25) is 0 Å². The van der Waals surface area contributed by atoms with Crippen LogP contribution in [0.4, 0.5) is 5.69 Å². The van der Waals surface area contributed by atoms with Crippen molar-refractivity contribution in [3.63, 3.8) is 0 Å². The van der Waals surface area contributed by atoms with Crippen LogP contribution in [0.15, 0.2) is 18.2 Å². The molecule has 2 aliphatic rings. The van der Waals surface area contributed by atoms with Crippen LogP contribution >= 0.6 is 0 Å². The molecule has 1 aromatic carbocycles. The van der Waals surface area contributed by atoms with Gasteiger partial charge in [0.05, 0.1) is 5.92 Å². The standard InChI is InChI=1S/C21H30N2O2/c1-4-22(18-8-6-5-7-9-18)21(25)17-13-20(24)23(14-17)19-11-10-15(2)16(3)12-19/h10-12,17-18H,4-9,13-14H2,1-3H3. The molecular weight excluding hydrogens is 312 g/mol. The second kappa shape index (κ2) is 7.59. The topological polar surface area (TPSA) is 40.6 Å². The number of rotatable bonds is 4. The van der Waals surface area contributed by atoms with Crippen LogP contribution in [0.1, 0.15) is 56.6 Å². The summed E-state index contributed by atoms with van der Waals surface area (Å²) in [5.74, 6) is 0.0476. The van der Waals surface area contributed by atoms with E-state index in [9.17, 15) is 9.59 Å². The first-order valence-corrected chi connectivity index (χ1v) is 9.69. The van der Waals surface area contributed by atoms with E-state index in [1.807, 2.05) is 17.0 Å². The van der Waals surface area contributed by atoms with Gasteiger partial charge in [0.25, 0.3) is 0 Å². The maximum atomic E-state index is 13.1. The Hall–Kier alpha value is -1.84. The van der Waals surface area contributed by atoms with Crippen molar-refractivity contribution >= 4 is 17.5 Å². The lowest BCUT2D eigenvalue weighted by Gasteiger charge is -2.35. The summed E-state index contributed by atoms with van der Waals surface area (Å²) >= 11 is 0. The van der Waals surface area contributed by atoms with Crippen molar-refractivity contribution in [3.8, 4) is 0 Å². The number of aryl methyl sites for hydroxylation is 2. The number of amides is 2. The number of benzene rings is 1. The van der Waals surface area contributed by atoms with Crippen molar-refractivity contribution in [2.24, 2.45) is 5.92 Å². The number of nitrogens with zero attached hydrogens (tertiary/aromatic N) is 2. The van der Waals surface area contributed by atoms with Crippen molar-refractivity contribution in [3.05, 3.63) is 29.3 Å². The highest BCUT2D eigenvalue weighted by Crippen LogP contribution is 2.30. The van der Waals surface area contributed by atoms with Gasteiger partial charge in [-0.15, -0.1) is 0 Å². The van der Waals surface area contributed by atoms with Crippen LogP contribution in [0, 0.1) is 19.8 Å². The Kier molecular flexibility index (Phi) is 5.45. The van der Waals surface area contributed by atoms with E-state index in [1.165, 1.54) is 30.4 Å². The highest BCUT2D eigenvalue weighted by Gasteiger charge is 2.38. The summed E-state index contributed by atoms with van der Waals surface area (Å²) in [6.45, 7) is 7.45. The summed E-state index contributed by atoms with van der Waals surface area (Å²) in [7, 11) is 0. The number of anilines is 1. The molecule has 2 fully saturated rings. The van der Waals surface area contributed by atoms with E-state index in [1.54, 1.807) is 4.90 Å². The quantitative estimate of drug-likeness (QED) is 0.834. The molecule has 3 rings (SSSR count). The molecule has 1 saturated carbocycles. The SMILES string of the molecule is CCN(C(=O)C1CC(=O)N(c2ccc(C)c(C)c2)C1)C1CCCCC1. The molecule has 136 valence electrons. The summed E-state index contributed by atoms with van der Waals surface area (Å²) in [5.41, 5.74) is 3.32. The summed E-state index contributed by atoms with van der Waals surface area (Å²) in [6, 6.07) is 6.47. The Morgan fingerprint density at radius 1 is 1.16 bits per heavy atom. The second-order valence-electron chi connectivity index (χ2n) is 7.59. The van der Waals surface area contributed by atoms with Gasteiger partial charge in [-0.05, 0) is 56.9 Å². The van der Waals surface area contributed by atoms with Crippen molar-refractivity contribution in [1.29, 1.82) is 0 Å². The van der Waals surface area contributed by atoms with Crippen molar-refractivity contribution in [2.75, 3.05) is 18.0 Å². The maximum absolute atomic E-state index is 13.1. The van der Waals surface area contributed by atoms with Gasteiger partial charge >= 0.3 is 0 Å². The van der Waals surface area contributed by atoms with Crippen LogP contribution < -0.4 is 4.90 Å². The Morgan fingerprint density at radius 3 is 2.52 bits per heavy atom. The normalized spacial score (nSPS) is 21.6. The molecule has 25 heavy (non-hydrogen) atoms. The third-order valence-electron chi connectivity index (χ3n) is 5.92. The predicted octanol–water partition coefficient (Wildman–Crippen LogP) is 3.84. The lowest BCUT2D eigenvalue weighted by molar-refractivity contribution is -0.138. The molecule has 2 amide bonds. The number of hydrogen-bond acceptors (Lipinski definition) is 2. The van der Waals surface area contributed by atoms with E-state index in [2.05, 4.69) is 26.8 Å². The van der Waals surface area contributed by atoms with Gasteiger partial charge in [0, 0.05) is 31.2 Å².